The number of hydrogen-bond donors (Lipinski definition) is 1. The summed E-state index contributed by atoms with van der Waals surface area (Å²) in [5.41, 5.74) is 0.899. The molecule has 0 aromatic heterocycles. The summed E-state index contributed by atoms with van der Waals surface area (Å²) >= 11 is 1.59. The lowest BCUT2D eigenvalue weighted by molar-refractivity contribution is 0.0692. The second-order valence-corrected chi connectivity index (χ2v) is 8.93. The van der Waals surface area contributed by atoms with Gasteiger partial charge < -0.3 is 9.84 Å². The molecule has 1 atom stereocenters. The van der Waals surface area contributed by atoms with Crippen molar-refractivity contribution in [1.82, 2.24) is 0 Å². The van der Waals surface area contributed by atoms with Crippen LogP contribution in [0.2, 0.25) is 0 Å². The van der Waals surface area contributed by atoms with Gasteiger partial charge in [0.2, 0.25) is 0 Å². The van der Waals surface area contributed by atoms with Crippen LogP contribution in [0.4, 0.5) is 0 Å². The monoisotopic (exact) mass is 390 g/mol. The maximum absolute atomic E-state index is 12.7. The van der Waals surface area contributed by atoms with Gasteiger partial charge in [-0.15, -0.1) is 11.8 Å². The molecule has 1 aliphatic heterocycles. The van der Waals surface area contributed by atoms with E-state index in [4.69, 9.17) is 4.74 Å². The van der Waals surface area contributed by atoms with E-state index >= 15 is 0 Å². The van der Waals surface area contributed by atoms with E-state index in [1.807, 2.05) is 11.5 Å². The van der Waals surface area contributed by atoms with Gasteiger partial charge in [0, 0.05) is 10.8 Å². The normalized spacial score (nSPS) is 16.6. The van der Waals surface area contributed by atoms with E-state index < -0.39 is 21.6 Å². The molecule has 2 aromatic rings. The van der Waals surface area contributed by atoms with Gasteiger partial charge in [0.1, 0.15) is 11.3 Å². The summed E-state index contributed by atoms with van der Waals surface area (Å²) in [6, 6.07) is 11.4. The van der Waals surface area contributed by atoms with Gasteiger partial charge in [-0.3, -0.25) is 0 Å². The van der Waals surface area contributed by atoms with Crippen LogP contribution in [0.5, 0.6) is 5.75 Å². The number of carbonyl (C=O) groups is 1. The molecule has 1 unspecified atom stereocenters. The molecular weight excluding hydrogens is 372 g/mol. The zero-order valence-corrected chi connectivity index (χ0v) is 15.7. The van der Waals surface area contributed by atoms with Crippen LogP contribution in [0, 0.1) is 0 Å². The number of allylic oxidation sites excluding steroid dienone is 1. The molecule has 0 fully saturated rings. The van der Waals surface area contributed by atoms with Crippen molar-refractivity contribution in [2.75, 3.05) is 7.11 Å². The summed E-state index contributed by atoms with van der Waals surface area (Å²) in [4.78, 5) is 12.1. The summed E-state index contributed by atoms with van der Waals surface area (Å²) in [5.74, 6) is -1.36. The minimum Gasteiger partial charge on any atom is -0.496 e. The Balaban J connectivity index is 2.06. The fourth-order valence-corrected chi connectivity index (χ4v) is 5.32. The Morgan fingerprint density at radius 3 is 2.54 bits per heavy atom. The molecule has 1 heterocycles. The molecule has 3 rings (SSSR count). The van der Waals surface area contributed by atoms with Crippen molar-refractivity contribution in [3.05, 3.63) is 70.6 Å². The van der Waals surface area contributed by atoms with E-state index in [1.54, 1.807) is 42.1 Å². The van der Waals surface area contributed by atoms with Gasteiger partial charge in [-0.25, -0.2) is 13.2 Å². The second kappa shape index (κ2) is 7.55. The van der Waals surface area contributed by atoms with E-state index in [2.05, 4.69) is 0 Å². The Morgan fingerprint density at radius 1 is 1.23 bits per heavy atom. The van der Waals surface area contributed by atoms with E-state index in [1.165, 1.54) is 19.2 Å². The molecule has 1 aliphatic rings. The van der Waals surface area contributed by atoms with Crippen LogP contribution in [0.1, 0.15) is 33.2 Å². The molecule has 5 nitrogen and oxygen atoms in total. The zero-order chi connectivity index (χ0) is 18.7. The van der Waals surface area contributed by atoms with Crippen molar-refractivity contribution in [2.45, 2.75) is 22.3 Å². The first-order chi connectivity index (χ1) is 12.4. The predicted octanol–water partition coefficient (Wildman–Crippen LogP) is 4.06. The Hall–Kier alpha value is -2.25. The maximum Gasteiger partial charge on any atom is 0.339 e. The summed E-state index contributed by atoms with van der Waals surface area (Å²) in [6.45, 7) is 0. The molecule has 0 saturated heterocycles. The van der Waals surface area contributed by atoms with Crippen LogP contribution in [0.15, 0.2) is 58.8 Å². The highest BCUT2D eigenvalue weighted by atomic mass is 32.2. The molecule has 0 radical (unpaired) electrons. The number of carboxylic acids is 1. The van der Waals surface area contributed by atoms with Gasteiger partial charge in [0.25, 0.3) is 0 Å². The molecule has 0 saturated carbocycles. The van der Waals surface area contributed by atoms with Gasteiger partial charge in [0.05, 0.1) is 17.8 Å². The number of carboxylic acid groups (broad SMARTS) is 1. The second-order valence-electron chi connectivity index (χ2n) is 5.83. The predicted molar refractivity (Wildman–Crippen MR) is 101 cm³/mol. The molecule has 0 spiro atoms. The van der Waals surface area contributed by atoms with Crippen LogP contribution in [-0.4, -0.2) is 26.6 Å². The standard InChI is InChI=1S/C19H18O5S2/c1-24-18-15(16-8-5-11-25-16)10-9-13(17(18)19(20)21)12-26(22,23)14-6-3-2-4-7-14/h2-7,9-11,16H,8,12H2,1H3,(H,20,21). The lowest BCUT2D eigenvalue weighted by Gasteiger charge is -2.18. The smallest absolute Gasteiger partial charge is 0.339 e. The van der Waals surface area contributed by atoms with Crippen molar-refractivity contribution in [1.29, 1.82) is 0 Å². The highest BCUT2D eigenvalue weighted by Gasteiger charge is 2.27. The van der Waals surface area contributed by atoms with Crippen LogP contribution in [-0.2, 0) is 15.6 Å². The molecule has 2 aromatic carbocycles. The topological polar surface area (TPSA) is 80.7 Å². The summed E-state index contributed by atoms with van der Waals surface area (Å²) in [7, 11) is -2.25. The van der Waals surface area contributed by atoms with E-state index in [0.717, 1.165) is 12.0 Å². The van der Waals surface area contributed by atoms with Gasteiger partial charge >= 0.3 is 5.97 Å². The molecule has 7 heteroatoms. The largest absolute Gasteiger partial charge is 0.496 e. The Labute approximate surface area is 156 Å². The minimum atomic E-state index is -3.66. The molecule has 26 heavy (non-hydrogen) atoms. The average molecular weight is 390 g/mol. The Morgan fingerprint density at radius 2 is 1.96 bits per heavy atom. The molecule has 1 N–H and O–H groups in total. The van der Waals surface area contributed by atoms with Gasteiger partial charge in [-0.05, 0) is 29.5 Å². The summed E-state index contributed by atoms with van der Waals surface area (Å²) < 4.78 is 30.7. The van der Waals surface area contributed by atoms with Crippen molar-refractivity contribution >= 4 is 27.6 Å². The molecule has 0 amide bonds. The third kappa shape index (κ3) is 3.64. The average Bonchev–Trinajstić information content (AvgIpc) is 3.15. The SMILES string of the molecule is COc1c(C2CC=CS2)ccc(CS(=O)(=O)c2ccccc2)c1C(=O)O. The third-order valence-corrected chi connectivity index (χ3v) is 6.98. The van der Waals surface area contributed by atoms with Crippen LogP contribution >= 0.6 is 11.8 Å². The first-order valence-electron chi connectivity index (χ1n) is 7.95. The van der Waals surface area contributed by atoms with E-state index in [-0.39, 0.29) is 27.0 Å². The number of benzene rings is 2. The third-order valence-electron chi connectivity index (χ3n) is 4.18. The van der Waals surface area contributed by atoms with Crippen LogP contribution in [0.25, 0.3) is 0 Å². The number of ether oxygens (including phenoxy) is 1. The van der Waals surface area contributed by atoms with Crippen molar-refractivity contribution in [3.8, 4) is 5.75 Å². The number of methoxy groups -OCH3 is 1. The van der Waals surface area contributed by atoms with E-state index in [9.17, 15) is 18.3 Å². The number of hydrogen-bond acceptors (Lipinski definition) is 5. The number of sulfone groups is 1. The lowest BCUT2D eigenvalue weighted by atomic mass is 9.99. The number of thioether (sulfide) groups is 1. The molecular formula is C19H18O5S2. The molecule has 0 aliphatic carbocycles. The minimum absolute atomic E-state index is 0.0721. The van der Waals surface area contributed by atoms with Gasteiger partial charge in [0.15, 0.2) is 9.84 Å². The highest BCUT2D eigenvalue weighted by molar-refractivity contribution is 8.02. The van der Waals surface area contributed by atoms with Gasteiger partial charge in [-0.1, -0.05) is 36.4 Å². The van der Waals surface area contributed by atoms with Crippen molar-refractivity contribution in [2.24, 2.45) is 0 Å². The number of rotatable bonds is 6. The Bertz CT molecular complexity index is 941. The zero-order valence-electron chi connectivity index (χ0n) is 14.1. The summed E-state index contributed by atoms with van der Waals surface area (Å²) in [6.07, 6.45) is 2.80. The molecule has 0 bridgehead atoms. The van der Waals surface area contributed by atoms with Crippen molar-refractivity contribution in [3.63, 3.8) is 0 Å². The lowest BCUT2D eigenvalue weighted by Crippen LogP contribution is -2.13. The maximum atomic E-state index is 12.7. The Kier molecular flexibility index (Phi) is 5.38. The fraction of sp³-hybridized carbons (Fsp3) is 0.211. The first kappa shape index (κ1) is 18.5. The summed E-state index contributed by atoms with van der Waals surface area (Å²) in [5, 5.41) is 11.8. The first-order valence-corrected chi connectivity index (χ1v) is 10.5. The highest BCUT2D eigenvalue weighted by Crippen LogP contribution is 2.44. The van der Waals surface area contributed by atoms with Crippen molar-refractivity contribution < 1.29 is 23.1 Å². The quantitative estimate of drug-likeness (QED) is 0.801. The van der Waals surface area contributed by atoms with Crippen LogP contribution in [0.3, 0.4) is 0 Å². The number of aromatic carboxylic acids is 1. The van der Waals surface area contributed by atoms with Crippen LogP contribution < -0.4 is 4.74 Å². The van der Waals surface area contributed by atoms with E-state index in [0.29, 0.717) is 0 Å². The fourth-order valence-electron chi connectivity index (χ4n) is 2.97. The van der Waals surface area contributed by atoms with Gasteiger partial charge in [-0.2, -0.15) is 0 Å². The molecule has 136 valence electrons.